The Kier molecular flexibility index (Phi) is 16.1. The molecule has 0 aromatic carbocycles. The van der Waals surface area contributed by atoms with Crippen LogP contribution < -0.4 is 0 Å². The molecule has 0 atom stereocenters. The van der Waals surface area contributed by atoms with Crippen molar-refractivity contribution in [3.05, 3.63) is 0 Å². The first-order chi connectivity index (χ1) is 9.70. The van der Waals surface area contributed by atoms with E-state index < -0.39 is 0 Å². The summed E-state index contributed by atoms with van der Waals surface area (Å²) in [4.78, 5) is 22.4. The quantitative estimate of drug-likeness (QED) is 0.162. The van der Waals surface area contributed by atoms with Gasteiger partial charge in [0.15, 0.2) is 0 Å². The van der Waals surface area contributed by atoms with Crippen LogP contribution in [0.4, 0.5) is 0 Å². The highest BCUT2D eigenvalue weighted by Gasteiger charge is 2.02. The summed E-state index contributed by atoms with van der Waals surface area (Å²) >= 11 is 4.50. The molecule has 0 amide bonds. The van der Waals surface area contributed by atoms with Crippen molar-refractivity contribution in [3.8, 4) is 0 Å². The van der Waals surface area contributed by atoms with E-state index in [4.69, 9.17) is 9.47 Å². The number of halogens is 2. The van der Waals surface area contributed by atoms with Gasteiger partial charge in [-0.2, -0.15) is 0 Å². The number of hydrogen-bond acceptors (Lipinski definition) is 4. The molecule has 4 nitrogen and oxygen atoms in total. The van der Waals surface area contributed by atoms with Crippen molar-refractivity contribution in [2.75, 3.05) is 22.1 Å². The third-order valence-corrected chi connectivity index (χ3v) is 4.12. The second-order valence-electron chi connectivity index (χ2n) is 4.44. The number of unbranched alkanes of at least 4 members (excludes halogenated alkanes) is 3. The molecule has 0 spiro atoms. The Hall–Kier alpha value is 0.400. The lowest BCUT2D eigenvalue weighted by Gasteiger charge is -2.05. The number of ether oxygens (including phenoxy) is 2. The zero-order valence-electron chi connectivity index (χ0n) is 11.9. The van der Waals surface area contributed by atoms with Crippen molar-refractivity contribution in [1.29, 1.82) is 0 Å². The van der Waals surface area contributed by atoms with Crippen LogP contribution in [-0.4, -0.2) is 34.0 Å². The van der Waals surface area contributed by atoms with E-state index in [1.165, 1.54) is 0 Å². The Bertz CT molecular complexity index is 234. The predicted octanol–water partition coefficient (Wildman–Crippen LogP) is 4.06. The van der Waals surface area contributed by atoms with Gasteiger partial charge in [0.25, 0.3) is 0 Å². The predicted molar refractivity (Wildman–Crippen MR) is 96.6 cm³/mol. The lowest BCUT2D eigenvalue weighted by atomic mass is 10.2. The summed E-state index contributed by atoms with van der Waals surface area (Å²) in [5.41, 5.74) is 0. The maximum atomic E-state index is 11.2. The largest absolute Gasteiger partial charge is 0.466 e. The van der Waals surface area contributed by atoms with Crippen molar-refractivity contribution < 1.29 is 19.1 Å². The summed E-state index contributed by atoms with van der Waals surface area (Å²) in [6.45, 7) is 1.02. The number of rotatable bonds is 13. The van der Waals surface area contributed by atoms with Gasteiger partial charge in [-0.1, -0.05) is 45.2 Å². The third kappa shape index (κ3) is 14.8. The summed E-state index contributed by atoms with van der Waals surface area (Å²) in [6, 6.07) is 0. The third-order valence-electron chi connectivity index (χ3n) is 2.59. The number of carbonyl (C=O) groups is 2. The highest BCUT2D eigenvalue weighted by atomic mass is 127. The average Bonchev–Trinajstić information content (AvgIpc) is 2.45. The molecule has 0 fully saturated rings. The summed E-state index contributed by atoms with van der Waals surface area (Å²) in [6.07, 6.45) is 6.62. The van der Waals surface area contributed by atoms with Gasteiger partial charge in [-0.05, 0) is 38.5 Å². The van der Waals surface area contributed by atoms with Gasteiger partial charge in [-0.3, -0.25) is 9.59 Å². The van der Waals surface area contributed by atoms with E-state index in [0.717, 1.165) is 47.4 Å². The van der Waals surface area contributed by atoms with Crippen LogP contribution in [0.3, 0.4) is 0 Å². The molecule has 0 radical (unpaired) electrons. The molecule has 20 heavy (non-hydrogen) atoms. The van der Waals surface area contributed by atoms with Gasteiger partial charge < -0.3 is 9.47 Å². The molecule has 0 N–H and O–H groups in total. The standard InChI is InChI=1S/C14H24I2O4/c15-9-5-7-13(17)19-11-3-1-2-4-12-20-14(18)8-6-10-16/h1-12H2. The van der Waals surface area contributed by atoms with Crippen molar-refractivity contribution in [3.63, 3.8) is 0 Å². The van der Waals surface area contributed by atoms with Gasteiger partial charge in [-0.15, -0.1) is 0 Å². The fourth-order valence-corrected chi connectivity index (χ4v) is 2.26. The Morgan fingerprint density at radius 2 is 1.05 bits per heavy atom. The van der Waals surface area contributed by atoms with E-state index in [9.17, 15) is 9.59 Å². The Morgan fingerprint density at radius 1 is 0.650 bits per heavy atom. The van der Waals surface area contributed by atoms with Gasteiger partial charge in [-0.25, -0.2) is 0 Å². The minimum Gasteiger partial charge on any atom is -0.466 e. The lowest BCUT2D eigenvalue weighted by molar-refractivity contribution is -0.145. The van der Waals surface area contributed by atoms with Gasteiger partial charge in [0.05, 0.1) is 13.2 Å². The first kappa shape index (κ1) is 20.4. The molecule has 0 heterocycles. The van der Waals surface area contributed by atoms with E-state index in [-0.39, 0.29) is 11.9 Å². The molecule has 118 valence electrons. The molecule has 0 aromatic rings. The highest BCUT2D eigenvalue weighted by molar-refractivity contribution is 14.1. The molecule has 0 aliphatic carbocycles. The van der Waals surface area contributed by atoms with Crippen LogP contribution >= 0.6 is 45.2 Å². The molecular formula is C14H24I2O4. The molecule has 0 bridgehead atoms. The van der Waals surface area contributed by atoms with E-state index in [0.29, 0.717) is 26.1 Å². The lowest BCUT2D eigenvalue weighted by Crippen LogP contribution is -2.07. The first-order valence-corrected chi connectivity index (χ1v) is 10.2. The zero-order chi connectivity index (χ0) is 15.1. The monoisotopic (exact) mass is 510 g/mol. The van der Waals surface area contributed by atoms with Crippen LogP contribution in [-0.2, 0) is 19.1 Å². The van der Waals surface area contributed by atoms with Gasteiger partial charge in [0, 0.05) is 21.7 Å². The summed E-state index contributed by atoms with van der Waals surface area (Å²) in [5.74, 6) is -0.184. The van der Waals surface area contributed by atoms with E-state index >= 15 is 0 Å². The molecule has 6 heteroatoms. The van der Waals surface area contributed by atoms with Crippen LogP contribution in [0.2, 0.25) is 0 Å². The first-order valence-electron chi connectivity index (χ1n) is 7.14. The SMILES string of the molecule is O=C(CCCI)OCCCCCCOC(=O)CCCI. The molecule has 0 saturated carbocycles. The topological polar surface area (TPSA) is 52.6 Å². The van der Waals surface area contributed by atoms with Crippen LogP contribution in [0.15, 0.2) is 0 Å². The smallest absolute Gasteiger partial charge is 0.305 e. The normalized spacial score (nSPS) is 10.3. The Morgan fingerprint density at radius 3 is 1.40 bits per heavy atom. The summed E-state index contributed by atoms with van der Waals surface area (Å²) in [5, 5.41) is 0. The number of carbonyl (C=O) groups excluding carboxylic acids is 2. The van der Waals surface area contributed by atoms with Crippen LogP contribution in [0.1, 0.15) is 51.4 Å². The average molecular weight is 510 g/mol. The van der Waals surface area contributed by atoms with E-state index in [2.05, 4.69) is 45.2 Å². The number of alkyl halides is 2. The van der Waals surface area contributed by atoms with Crippen molar-refractivity contribution >= 4 is 57.1 Å². The minimum absolute atomic E-state index is 0.0918. The molecule has 0 saturated heterocycles. The van der Waals surface area contributed by atoms with Crippen molar-refractivity contribution in [1.82, 2.24) is 0 Å². The summed E-state index contributed by atoms with van der Waals surface area (Å²) < 4.78 is 12.2. The van der Waals surface area contributed by atoms with Crippen LogP contribution in [0.5, 0.6) is 0 Å². The Labute approximate surface area is 149 Å². The molecule has 0 unspecified atom stereocenters. The fraction of sp³-hybridized carbons (Fsp3) is 0.857. The maximum Gasteiger partial charge on any atom is 0.305 e. The highest BCUT2D eigenvalue weighted by Crippen LogP contribution is 2.04. The molecule has 0 aliphatic rings. The van der Waals surface area contributed by atoms with Crippen LogP contribution in [0.25, 0.3) is 0 Å². The molecule has 0 aromatic heterocycles. The number of esters is 2. The van der Waals surface area contributed by atoms with E-state index in [1.807, 2.05) is 0 Å². The number of hydrogen-bond donors (Lipinski definition) is 0. The maximum absolute atomic E-state index is 11.2. The second kappa shape index (κ2) is 15.8. The van der Waals surface area contributed by atoms with E-state index in [1.54, 1.807) is 0 Å². The molecular weight excluding hydrogens is 486 g/mol. The van der Waals surface area contributed by atoms with Gasteiger partial charge in [0.1, 0.15) is 0 Å². The second-order valence-corrected chi connectivity index (χ2v) is 6.60. The van der Waals surface area contributed by atoms with Gasteiger partial charge in [0.2, 0.25) is 0 Å². The van der Waals surface area contributed by atoms with Gasteiger partial charge >= 0.3 is 11.9 Å². The fourth-order valence-electron chi connectivity index (χ4n) is 1.50. The molecule has 0 aliphatic heterocycles. The molecule has 0 rings (SSSR count). The Balaban J connectivity index is 3.20. The van der Waals surface area contributed by atoms with Crippen molar-refractivity contribution in [2.24, 2.45) is 0 Å². The van der Waals surface area contributed by atoms with Crippen LogP contribution in [0, 0.1) is 0 Å². The minimum atomic E-state index is -0.0918. The van der Waals surface area contributed by atoms with Crippen molar-refractivity contribution in [2.45, 2.75) is 51.4 Å². The zero-order valence-corrected chi connectivity index (χ0v) is 16.2. The summed E-state index contributed by atoms with van der Waals surface area (Å²) in [7, 11) is 0.